The van der Waals surface area contributed by atoms with Crippen LogP contribution in [0, 0.1) is 0 Å². The monoisotopic (exact) mass is 395 g/mol. The SMILES string of the molecule is C=CCOCC(COCC=C)Oc1nc(OCC2CO2)nc(OCC2CO2)n1. The summed E-state index contributed by atoms with van der Waals surface area (Å²) in [6.45, 7) is 10.6. The number of nitrogens with zero attached hydrogens (tertiary/aromatic N) is 3. The topological polar surface area (TPSA) is 110 Å². The zero-order chi connectivity index (χ0) is 19.6. The summed E-state index contributed by atoms with van der Waals surface area (Å²) in [5, 5.41) is 0. The van der Waals surface area contributed by atoms with Gasteiger partial charge >= 0.3 is 18.0 Å². The molecule has 10 nitrogen and oxygen atoms in total. The van der Waals surface area contributed by atoms with E-state index in [-0.39, 0.29) is 43.5 Å². The molecule has 154 valence electrons. The minimum Gasteiger partial charge on any atom is -0.460 e. The van der Waals surface area contributed by atoms with E-state index in [1.54, 1.807) is 12.2 Å². The van der Waals surface area contributed by atoms with Crippen molar-refractivity contribution in [3.8, 4) is 18.0 Å². The first-order valence-electron chi connectivity index (χ1n) is 9.05. The van der Waals surface area contributed by atoms with Gasteiger partial charge in [-0.3, -0.25) is 0 Å². The van der Waals surface area contributed by atoms with Crippen LogP contribution in [0.25, 0.3) is 0 Å². The van der Waals surface area contributed by atoms with Crippen LogP contribution >= 0.6 is 0 Å². The summed E-state index contributed by atoms with van der Waals surface area (Å²) in [5.41, 5.74) is 0. The molecule has 2 aliphatic heterocycles. The number of hydrogen-bond acceptors (Lipinski definition) is 10. The maximum absolute atomic E-state index is 5.83. The molecule has 0 amide bonds. The lowest BCUT2D eigenvalue weighted by molar-refractivity contribution is 0.00177. The Morgan fingerprint density at radius 1 is 0.857 bits per heavy atom. The van der Waals surface area contributed by atoms with Crippen molar-refractivity contribution in [3.63, 3.8) is 0 Å². The molecule has 0 aliphatic carbocycles. The summed E-state index contributed by atoms with van der Waals surface area (Å²) < 4.78 is 38.1. The quantitative estimate of drug-likeness (QED) is 0.224. The second-order valence-electron chi connectivity index (χ2n) is 6.11. The summed E-state index contributed by atoms with van der Waals surface area (Å²) in [6, 6.07) is 0.262. The second-order valence-corrected chi connectivity index (χ2v) is 6.11. The standard InChI is InChI=1S/C18H25N3O7/c1-3-5-22-7-15(8-23-6-4-2)28-18-20-16(26-11-13-9-24-13)19-17(21-18)27-12-14-10-25-14/h3-4,13-15H,1-2,5-12H2. The van der Waals surface area contributed by atoms with E-state index < -0.39 is 6.10 Å². The van der Waals surface area contributed by atoms with Gasteiger partial charge in [0.2, 0.25) is 0 Å². The van der Waals surface area contributed by atoms with Crippen molar-refractivity contribution in [1.82, 2.24) is 15.0 Å². The van der Waals surface area contributed by atoms with Crippen molar-refractivity contribution in [1.29, 1.82) is 0 Å². The Kier molecular flexibility index (Phi) is 7.97. The molecular formula is C18H25N3O7. The molecule has 0 spiro atoms. The number of epoxide rings is 2. The van der Waals surface area contributed by atoms with Crippen molar-refractivity contribution < 1.29 is 33.2 Å². The van der Waals surface area contributed by atoms with E-state index in [0.717, 1.165) is 0 Å². The summed E-state index contributed by atoms with van der Waals surface area (Å²) >= 11 is 0. The molecule has 1 aromatic rings. The van der Waals surface area contributed by atoms with Crippen LogP contribution in [-0.2, 0) is 18.9 Å². The fourth-order valence-electron chi connectivity index (χ4n) is 2.00. The lowest BCUT2D eigenvalue weighted by Crippen LogP contribution is -2.30. The number of rotatable bonds is 16. The highest BCUT2D eigenvalue weighted by molar-refractivity contribution is 5.09. The molecule has 3 rings (SSSR count). The predicted molar refractivity (Wildman–Crippen MR) is 96.7 cm³/mol. The second kappa shape index (κ2) is 10.9. The molecule has 2 unspecified atom stereocenters. The van der Waals surface area contributed by atoms with Crippen molar-refractivity contribution in [2.24, 2.45) is 0 Å². The zero-order valence-corrected chi connectivity index (χ0v) is 15.7. The van der Waals surface area contributed by atoms with Gasteiger partial charge in [-0.15, -0.1) is 28.1 Å². The highest BCUT2D eigenvalue weighted by Crippen LogP contribution is 2.19. The van der Waals surface area contributed by atoms with Crippen LogP contribution in [0.4, 0.5) is 0 Å². The van der Waals surface area contributed by atoms with Crippen molar-refractivity contribution in [2.45, 2.75) is 18.3 Å². The minimum absolute atomic E-state index is 0.0582. The summed E-state index contributed by atoms with van der Waals surface area (Å²) in [6.07, 6.45) is 3.00. The molecular weight excluding hydrogens is 370 g/mol. The average molecular weight is 395 g/mol. The molecule has 2 fully saturated rings. The Morgan fingerprint density at radius 2 is 1.32 bits per heavy atom. The number of aromatic nitrogens is 3. The maximum Gasteiger partial charge on any atom is 0.326 e. The van der Waals surface area contributed by atoms with Crippen LogP contribution in [-0.4, -0.2) is 86.1 Å². The van der Waals surface area contributed by atoms with Crippen LogP contribution in [0.1, 0.15) is 0 Å². The van der Waals surface area contributed by atoms with Gasteiger partial charge in [-0.2, -0.15) is 0 Å². The molecule has 28 heavy (non-hydrogen) atoms. The third kappa shape index (κ3) is 7.77. The van der Waals surface area contributed by atoms with E-state index in [9.17, 15) is 0 Å². The third-order valence-corrected chi connectivity index (χ3v) is 3.53. The van der Waals surface area contributed by atoms with Crippen molar-refractivity contribution >= 4 is 0 Å². The van der Waals surface area contributed by atoms with E-state index in [2.05, 4.69) is 28.1 Å². The summed E-state index contributed by atoms with van der Waals surface area (Å²) in [7, 11) is 0. The fourth-order valence-corrected chi connectivity index (χ4v) is 2.00. The Labute approximate surface area is 163 Å². The molecule has 0 bridgehead atoms. The minimum atomic E-state index is -0.443. The van der Waals surface area contributed by atoms with Crippen LogP contribution in [0.15, 0.2) is 25.3 Å². The van der Waals surface area contributed by atoms with Crippen molar-refractivity contribution in [2.75, 3.05) is 52.9 Å². The van der Waals surface area contributed by atoms with E-state index in [1.165, 1.54) is 0 Å². The van der Waals surface area contributed by atoms with Crippen LogP contribution in [0.3, 0.4) is 0 Å². The molecule has 0 N–H and O–H groups in total. The molecule has 0 radical (unpaired) electrons. The van der Waals surface area contributed by atoms with Gasteiger partial charge in [0.05, 0.1) is 39.6 Å². The first kappa shape index (κ1) is 20.5. The molecule has 0 aromatic carbocycles. The van der Waals surface area contributed by atoms with Gasteiger partial charge < -0.3 is 33.2 Å². The lowest BCUT2D eigenvalue weighted by atomic mass is 10.4. The van der Waals surface area contributed by atoms with E-state index in [0.29, 0.717) is 39.6 Å². The normalized spacial score (nSPS) is 19.9. The Morgan fingerprint density at radius 3 is 1.75 bits per heavy atom. The van der Waals surface area contributed by atoms with Gasteiger partial charge in [0.15, 0.2) is 0 Å². The third-order valence-electron chi connectivity index (χ3n) is 3.53. The van der Waals surface area contributed by atoms with Crippen LogP contribution in [0.2, 0.25) is 0 Å². The molecule has 1 aromatic heterocycles. The lowest BCUT2D eigenvalue weighted by Gasteiger charge is -2.18. The molecule has 0 saturated carbocycles. The average Bonchev–Trinajstić information content (AvgIpc) is 3.60. The van der Waals surface area contributed by atoms with Gasteiger partial charge in [-0.25, -0.2) is 0 Å². The predicted octanol–water partition coefficient (Wildman–Crippen LogP) is 0.579. The van der Waals surface area contributed by atoms with Crippen LogP contribution < -0.4 is 14.2 Å². The Bertz CT molecular complexity index is 589. The highest BCUT2D eigenvalue weighted by Gasteiger charge is 2.26. The van der Waals surface area contributed by atoms with Crippen LogP contribution in [0.5, 0.6) is 18.0 Å². The van der Waals surface area contributed by atoms with Gasteiger partial charge in [-0.1, -0.05) is 12.2 Å². The van der Waals surface area contributed by atoms with E-state index in [4.69, 9.17) is 33.2 Å². The molecule has 2 saturated heterocycles. The largest absolute Gasteiger partial charge is 0.460 e. The molecule has 2 aliphatic rings. The van der Waals surface area contributed by atoms with Gasteiger partial charge in [0, 0.05) is 0 Å². The smallest absolute Gasteiger partial charge is 0.326 e. The zero-order valence-electron chi connectivity index (χ0n) is 15.7. The van der Waals surface area contributed by atoms with Gasteiger partial charge in [0.1, 0.15) is 31.5 Å². The Hall–Kier alpha value is -2.27. The van der Waals surface area contributed by atoms with Gasteiger partial charge in [0.25, 0.3) is 0 Å². The Balaban J connectivity index is 1.63. The number of ether oxygens (including phenoxy) is 7. The first-order chi connectivity index (χ1) is 13.8. The van der Waals surface area contributed by atoms with Crippen molar-refractivity contribution in [3.05, 3.63) is 25.3 Å². The maximum atomic E-state index is 5.83. The van der Waals surface area contributed by atoms with E-state index >= 15 is 0 Å². The number of hydrogen-bond donors (Lipinski definition) is 0. The van der Waals surface area contributed by atoms with E-state index in [1.807, 2.05) is 0 Å². The molecule has 2 atom stereocenters. The highest BCUT2D eigenvalue weighted by atomic mass is 16.6. The summed E-state index contributed by atoms with van der Waals surface area (Å²) in [4.78, 5) is 12.5. The first-order valence-corrected chi connectivity index (χ1v) is 9.05. The molecule has 10 heteroatoms. The van der Waals surface area contributed by atoms with Gasteiger partial charge in [-0.05, 0) is 0 Å². The molecule has 3 heterocycles. The summed E-state index contributed by atoms with van der Waals surface area (Å²) in [5.74, 6) is 0. The fraction of sp³-hybridized carbons (Fsp3) is 0.611.